The highest BCUT2D eigenvalue weighted by molar-refractivity contribution is 6.30. The van der Waals surface area contributed by atoms with Gasteiger partial charge in [0, 0.05) is 17.1 Å². The lowest BCUT2D eigenvalue weighted by atomic mass is 9.51. The molecule has 4 saturated carbocycles. The minimum atomic E-state index is -0.416. The molecule has 2 atom stereocenters. The van der Waals surface area contributed by atoms with Crippen LogP contribution in [0.25, 0.3) is 0 Å². The lowest BCUT2D eigenvalue weighted by molar-refractivity contribution is -0.142. The van der Waals surface area contributed by atoms with Gasteiger partial charge < -0.3 is 15.2 Å². The van der Waals surface area contributed by atoms with Crippen LogP contribution in [-0.4, -0.2) is 16.2 Å². The first-order chi connectivity index (χ1) is 13.5. The van der Waals surface area contributed by atoms with Crippen molar-refractivity contribution in [2.24, 2.45) is 11.8 Å². The average Bonchev–Trinajstić information content (AvgIpc) is 2.65. The minimum absolute atomic E-state index is 0.124. The molecule has 4 aliphatic carbocycles. The predicted molar refractivity (Wildman–Crippen MR) is 111 cm³/mol. The smallest absolute Gasteiger partial charge is 0.120 e. The van der Waals surface area contributed by atoms with E-state index in [0.717, 1.165) is 42.1 Å². The summed E-state index contributed by atoms with van der Waals surface area (Å²) in [5, 5.41) is 15.5. The van der Waals surface area contributed by atoms with Crippen LogP contribution in [0.5, 0.6) is 5.75 Å². The van der Waals surface area contributed by atoms with Crippen molar-refractivity contribution in [3.63, 3.8) is 0 Å². The fourth-order valence-corrected chi connectivity index (χ4v) is 6.33. The molecule has 3 nitrogen and oxygen atoms in total. The molecule has 2 N–H and O–H groups in total. The maximum absolute atomic E-state index is 10.9. The predicted octanol–water partition coefficient (Wildman–Crippen LogP) is 5.09. The summed E-state index contributed by atoms with van der Waals surface area (Å²) in [5.41, 5.74) is 2.05. The van der Waals surface area contributed by atoms with Crippen LogP contribution in [-0.2, 0) is 13.2 Å². The number of halogens is 1. The second kappa shape index (κ2) is 7.05. The average molecular weight is 398 g/mol. The third kappa shape index (κ3) is 3.80. The molecule has 2 aromatic rings. The van der Waals surface area contributed by atoms with Crippen molar-refractivity contribution < 1.29 is 9.84 Å². The molecule has 28 heavy (non-hydrogen) atoms. The molecule has 0 amide bonds. The number of rotatable bonds is 6. The van der Waals surface area contributed by atoms with Crippen LogP contribution in [0.1, 0.15) is 49.7 Å². The van der Waals surface area contributed by atoms with Crippen LogP contribution in [0.15, 0.2) is 48.5 Å². The first-order valence-corrected chi connectivity index (χ1v) is 10.8. The van der Waals surface area contributed by atoms with E-state index in [9.17, 15) is 5.11 Å². The Morgan fingerprint density at radius 2 is 1.75 bits per heavy atom. The summed E-state index contributed by atoms with van der Waals surface area (Å²) in [6, 6.07) is 16.1. The fraction of sp³-hybridized carbons (Fsp3) is 0.500. The molecule has 0 aliphatic heterocycles. The molecule has 0 aromatic heterocycles. The molecular formula is C24H28ClNO2. The van der Waals surface area contributed by atoms with Crippen LogP contribution >= 0.6 is 11.6 Å². The highest BCUT2D eigenvalue weighted by Crippen LogP contribution is 2.57. The van der Waals surface area contributed by atoms with Crippen LogP contribution in [0.4, 0.5) is 0 Å². The van der Waals surface area contributed by atoms with Crippen molar-refractivity contribution in [3.05, 3.63) is 64.7 Å². The van der Waals surface area contributed by atoms with Gasteiger partial charge in [-0.25, -0.2) is 0 Å². The molecule has 6 rings (SSSR count). The Balaban J connectivity index is 1.22. The van der Waals surface area contributed by atoms with Crippen LogP contribution in [0.3, 0.4) is 0 Å². The van der Waals surface area contributed by atoms with Gasteiger partial charge in [-0.1, -0.05) is 35.9 Å². The molecule has 2 unspecified atom stereocenters. The van der Waals surface area contributed by atoms with Gasteiger partial charge in [-0.15, -0.1) is 0 Å². The summed E-state index contributed by atoms with van der Waals surface area (Å²) in [6.07, 6.45) is 6.71. The van der Waals surface area contributed by atoms with Crippen molar-refractivity contribution in [2.75, 3.05) is 0 Å². The molecule has 2 aromatic carbocycles. The van der Waals surface area contributed by atoms with E-state index in [1.54, 1.807) is 0 Å². The van der Waals surface area contributed by atoms with Crippen LogP contribution < -0.4 is 10.1 Å². The highest BCUT2D eigenvalue weighted by atomic mass is 35.5. The Hall–Kier alpha value is -1.55. The molecule has 148 valence electrons. The van der Waals surface area contributed by atoms with Gasteiger partial charge in [0.2, 0.25) is 0 Å². The summed E-state index contributed by atoms with van der Waals surface area (Å²) in [5.74, 6) is 2.29. The molecule has 0 heterocycles. The van der Waals surface area contributed by atoms with Gasteiger partial charge in [0.25, 0.3) is 0 Å². The highest BCUT2D eigenvalue weighted by Gasteiger charge is 2.56. The SMILES string of the molecule is OC12CC3CC(C1)CC(NCc1cccc(OCc4ccc(Cl)cc4)c1)(C3)C2. The van der Waals surface area contributed by atoms with Gasteiger partial charge in [0.05, 0.1) is 5.60 Å². The van der Waals surface area contributed by atoms with Gasteiger partial charge in [-0.05, 0) is 85.8 Å². The molecular weight excluding hydrogens is 370 g/mol. The van der Waals surface area contributed by atoms with Crippen molar-refractivity contribution >= 4 is 11.6 Å². The number of hydrogen-bond acceptors (Lipinski definition) is 3. The number of benzene rings is 2. The summed E-state index contributed by atoms with van der Waals surface area (Å²) < 4.78 is 5.97. The van der Waals surface area contributed by atoms with Crippen molar-refractivity contribution in [1.29, 1.82) is 0 Å². The Bertz CT molecular complexity index is 836. The summed E-state index contributed by atoms with van der Waals surface area (Å²) in [7, 11) is 0. The first kappa shape index (κ1) is 18.5. The van der Waals surface area contributed by atoms with Gasteiger partial charge in [-0.3, -0.25) is 0 Å². The zero-order chi connectivity index (χ0) is 19.2. The molecule has 0 spiro atoms. The van der Waals surface area contributed by atoms with Gasteiger partial charge in [0.1, 0.15) is 12.4 Å². The third-order valence-electron chi connectivity index (χ3n) is 6.91. The Morgan fingerprint density at radius 1 is 1.00 bits per heavy atom. The topological polar surface area (TPSA) is 41.5 Å². The van der Waals surface area contributed by atoms with Crippen molar-refractivity contribution in [3.8, 4) is 5.75 Å². The molecule has 4 bridgehead atoms. The molecule has 4 aliphatic rings. The van der Waals surface area contributed by atoms with Crippen LogP contribution in [0, 0.1) is 11.8 Å². The lowest BCUT2D eigenvalue weighted by Crippen LogP contribution is -2.64. The monoisotopic (exact) mass is 397 g/mol. The van der Waals surface area contributed by atoms with E-state index in [1.807, 2.05) is 30.3 Å². The molecule has 4 heteroatoms. The van der Waals surface area contributed by atoms with Gasteiger partial charge in [-0.2, -0.15) is 0 Å². The Kier molecular flexibility index (Phi) is 4.65. The minimum Gasteiger partial charge on any atom is -0.489 e. The van der Waals surface area contributed by atoms with Crippen LogP contribution in [0.2, 0.25) is 5.02 Å². The van der Waals surface area contributed by atoms with E-state index in [2.05, 4.69) is 23.5 Å². The largest absolute Gasteiger partial charge is 0.489 e. The molecule has 0 radical (unpaired) electrons. The first-order valence-electron chi connectivity index (χ1n) is 10.4. The third-order valence-corrected chi connectivity index (χ3v) is 7.17. The van der Waals surface area contributed by atoms with E-state index in [1.165, 1.54) is 24.8 Å². The number of hydrogen-bond donors (Lipinski definition) is 2. The fourth-order valence-electron chi connectivity index (χ4n) is 6.20. The summed E-state index contributed by atoms with van der Waals surface area (Å²) >= 11 is 5.94. The number of ether oxygens (including phenoxy) is 1. The van der Waals surface area contributed by atoms with E-state index < -0.39 is 5.60 Å². The normalized spacial score (nSPS) is 33.2. The number of nitrogens with one attached hydrogen (secondary N) is 1. The quantitative estimate of drug-likeness (QED) is 0.713. The number of aliphatic hydroxyl groups is 1. The molecule has 0 saturated heterocycles. The zero-order valence-electron chi connectivity index (χ0n) is 16.2. The van der Waals surface area contributed by atoms with E-state index in [0.29, 0.717) is 18.4 Å². The summed E-state index contributed by atoms with van der Waals surface area (Å²) in [6.45, 7) is 1.36. The molecule has 4 fully saturated rings. The van der Waals surface area contributed by atoms with Gasteiger partial charge >= 0.3 is 0 Å². The van der Waals surface area contributed by atoms with E-state index in [-0.39, 0.29) is 5.54 Å². The van der Waals surface area contributed by atoms with E-state index >= 15 is 0 Å². The maximum Gasteiger partial charge on any atom is 0.120 e. The lowest BCUT2D eigenvalue weighted by Gasteiger charge is -2.60. The summed E-state index contributed by atoms with van der Waals surface area (Å²) in [4.78, 5) is 0. The zero-order valence-corrected chi connectivity index (χ0v) is 16.9. The standard InChI is InChI=1S/C24H28ClNO2/c25-21-6-4-17(5-7-21)15-28-22-3-1-2-18(9-22)14-26-23-10-19-8-20(11-23)13-24(27,12-19)16-23/h1-7,9,19-20,26-27H,8,10-16H2. The van der Waals surface area contributed by atoms with Crippen molar-refractivity contribution in [2.45, 2.75) is 62.8 Å². The Labute approximate surface area is 172 Å². The van der Waals surface area contributed by atoms with E-state index in [4.69, 9.17) is 16.3 Å². The second-order valence-electron chi connectivity index (χ2n) is 9.38. The second-order valence-corrected chi connectivity index (χ2v) is 9.82. The van der Waals surface area contributed by atoms with Crippen molar-refractivity contribution in [1.82, 2.24) is 5.32 Å². The maximum atomic E-state index is 10.9. The Morgan fingerprint density at radius 3 is 2.46 bits per heavy atom. The van der Waals surface area contributed by atoms with Gasteiger partial charge in [0.15, 0.2) is 0 Å².